The summed E-state index contributed by atoms with van der Waals surface area (Å²) in [5.41, 5.74) is -0.361. The summed E-state index contributed by atoms with van der Waals surface area (Å²) >= 11 is 5.73. The number of carboxylic acids is 1. The van der Waals surface area contributed by atoms with E-state index in [1.165, 1.54) is 19.9 Å². The van der Waals surface area contributed by atoms with Gasteiger partial charge in [-0.15, -0.1) is 0 Å². The number of carbonyl (C=O) groups is 1. The van der Waals surface area contributed by atoms with Crippen LogP contribution in [0.4, 0.5) is 5.69 Å². The topological polar surface area (TPSA) is 73.1 Å². The third kappa shape index (κ3) is 2.65. The van der Waals surface area contributed by atoms with Crippen LogP contribution in [-0.4, -0.2) is 16.6 Å². The Labute approximate surface area is 98.5 Å². The molecule has 1 rings (SSSR count). The van der Waals surface area contributed by atoms with Crippen molar-refractivity contribution in [3.63, 3.8) is 0 Å². The van der Waals surface area contributed by atoms with Gasteiger partial charge in [-0.05, 0) is 32.0 Å². The minimum absolute atomic E-state index is 0.321. The Morgan fingerprint density at radius 1 is 1.56 bits per heavy atom. The maximum absolute atomic E-state index is 10.9. The van der Waals surface area contributed by atoms with E-state index in [4.69, 9.17) is 22.0 Å². The Bertz CT molecular complexity index is 464. The summed E-state index contributed by atoms with van der Waals surface area (Å²) in [5.74, 6) is -0.994. The van der Waals surface area contributed by atoms with E-state index in [1.807, 2.05) is 6.07 Å². The number of anilines is 1. The van der Waals surface area contributed by atoms with Crippen LogP contribution < -0.4 is 5.32 Å². The van der Waals surface area contributed by atoms with Crippen LogP contribution in [0.3, 0.4) is 0 Å². The van der Waals surface area contributed by atoms with Crippen molar-refractivity contribution < 1.29 is 9.90 Å². The number of aliphatic carboxylic acids is 1. The molecule has 84 valence electrons. The monoisotopic (exact) mass is 238 g/mol. The van der Waals surface area contributed by atoms with Crippen molar-refractivity contribution in [1.82, 2.24) is 0 Å². The summed E-state index contributed by atoms with van der Waals surface area (Å²) in [7, 11) is 0. The zero-order valence-corrected chi connectivity index (χ0v) is 9.67. The second-order valence-electron chi connectivity index (χ2n) is 3.86. The van der Waals surface area contributed by atoms with E-state index in [1.54, 1.807) is 12.1 Å². The molecule has 0 fully saturated rings. The second kappa shape index (κ2) is 4.42. The van der Waals surface area contributed by atoms with Crippen LogP contribution in [0.5, 0.6) is 0 Å². The van der Waals surface area contributed by atoms with Gasteiger partial charge in [0.15, 0.2) is 0 Å². The fourth-order valence-electron chi connectivity index (χ4n) is 1.11. The highest BCUT2D eigenvalue weighted by Crippen LogP contribution is 2.23. The molecule has 1 aromatic rings. The summed E-state index contributed by atoms with van der Waals surface area (Å²) in [4.78, 5) is 10.9. The number of hydrogen-bond acceptors (Lipinski definition) is 3. The average Bonchev–Trinajstić information content (AvgIpc) is 2.20. The molecule has 0 aliphatic heterocycles. The average molecular weight is 239 g/mol. The predicted molar refractivity (Wildman–Crippen MR) is 61.5 cm³/mol. The van der Waals surface area contributed by atoms with E-state index in [9.17, 15) is 4.79 Å². The van der Waals surface area contributed by atoms with Gasteiger partial charge in [0.1, 0.15) is 11.6 Å². The van der Waals surface area contributed by atoms with Crippen molar-refractivity contribution in [3.05, 3.63) is 28.8 Å². The van der Waals surface area contributed by atoms with Gasteiger partial charge in [-0.2, -0.15) is 5.26 Å². The SMILES string of the molecule is CC(C)(Nc1ccc(Cl)cc1C#N)C(=O)O. The Morgan fingerprint density at radius 3 is 2.69 bits per heavy atom. The van der Waals surface area contributed by atoms with Gasteiger partial charge in [0.25, 0.3) is 0 Å². The van der Waals surface area contributed by atoms with Gasteiger partial charge in [-0.25, -0.2) is 4.79 Å². The fourth-order valence-corrected chi connectivity index (χ4v) is 1.28. The molecule has 0 spiro atoms. The zero-order valence-electron chi connectivity index (χ0n) is 8.91. The van der Waals surface area contributed by atoms with Crippen molar-refractivity contribution in [3.8, 4) is 6.07 Å². The minimum Gasteiger partial charge on any atom is -0.480 e. The maximum atomic E-state index is 10.9. The first-order chi connectivity index (χ1) is 7.36. The summed E-state index contributed by atoms with van der Waals surface area (Å²) in [6.45, 7) is 3.04. The highest BCUT2D eigenvalue weighted by atomic mass is 35.5. The predicted octanol–water partition coefficient (Wildman–Crippen LogP) is 2.49. The van der Waals surface area contributed by atoms with Gasteiger partial charge in [0, 0.05) is 5.02 Å². The first-order valence-electron chi connectivity index (χ1n) is 4.58. The van der Waals surface area contributed by atoms with Crippen LogP contribution in [0.2, 0.25) is 5.02 Å². The number of carboxylic acid groups (broad SMARTS) is 1. The third-order valence-corrected chi connectivity index (χ3v) is 2.32. The van der Waals surface area contributed by atoms with E-state index in [0.29, 0.717) is 16.3 Å². The second-order valence-corrected chi connectivity index (χ2v) is 4.29. The van der Waals surface area contributed by atoms with Gasteiger partial charge in [-0.3, -0.25) is 0 Å². The van der Waals surface area contributed by atoms with Gasteiger partial charge in [0.05, 0.1) is 11.3 Å². The Morgan fingerprint density at radius 2 is 2.19 bits per heavy atom. The lowest BCUT2D eigenvalue weighted by atomic mass is 10.0. The molecule has 0 saturated carbocycles. The smallest absolute Gasteiger partial charge is 0.328 e. The number of hydrogen-bond donors (Lipinski definition) is 2. The standard InChI is InChI=1S/C11H11ClN2O2/c1-11(2,10(15)16)14-9-4-3-8(12)5-7(9)6-13/h3-5,14H,1-2H3,(H,15,16). The van der Waals surface area contributed by atoms with E-state index < -0.39 is 11.5 Å². The molecule has 4 nitrogen and oxygen atoms in total. The summed E-state index contributed by atoms with van der Waals surface area (Å²) < 4.78 is 0. The molecule has 2 N–H and O–H groups in total. The van der Waals surface area contributed by atoms with E-state index >= 15 is 0 Å². The van der Waals surface area contributed by atoms with Crippen molar-refractivity contribution in [2.45, 2.75) is 19.4 Å². The van der Waals surface area contributed by atoms with Crippen molar-refractivity contribution in [2.24, 2.45) is 0 Å². The van der Waals surface area contributed by atoms with E-state index in [0.717, 1.165) is 0 Å². The molecule has 0 atom stereocenters. The lowest BCUT2D eigenvalue weighted by Crippen LogP contribution is -2.40. The number of nitrogens with zero attached hydrogens (tertiary/aromatic N) is 1. The molecular weight excluding hydrogens is 228 g/mol. The molecule has 0 bridgehead atoms. The number of benzene rings is 1. The molecule has 1 aromatic carbocycles. The molecular formula is C11H11ClN2O2. The molecule has 0 aliphatic carbocycles. The highest BCUT2D eigenvalue weighted by Gasteiger charge is 2.27. The zero-order chi connectivity index (χ0) is 12.3. The largest absolute Gasteiger partial charge is 0.480 e. The van der Waals surface area contributed by atoms with E-state index in [2.05, 4.69) is 5.32 Å². The molecule has 0 aromatic heterocycles. The van der Waals surface area contributed by atoms with Crippen LogP contribution >= 0.6 is 11.6 Å². The van der Waals surface area contributed by atoms with Crippen LogP contribution in [0, 0.1) is 11.3 Å². The van der Waals surface area contributed by atoms with Crippen molar-refractivity contribution in [1.29, 1.82) is 5.26 Å². The normalized spacial score (nSPS) is 10.6. The van der Waals surface area contributed by atoms with Gasteiger partial charge in [0.2, 0.25) is 0 Å². The lowest BCUT2D eigenvalue weighted by molar-refractivity contribution is -0.141. The first kappa shape index (κ1) is 12.3. The number of nitrogens with one attached hydrogen (secondary N) is 1. The van der Waals surface area contributed by atoms with Crippen molar-refractivity contribution in [2.75, 3.05) is 5.32 Å². The maximum Gasteiger partial charge on any atom is 0.328 e. The van der Waals surface area contributed by atoms with Crippen LogP contribution in [0.25, 0.3) is 0 Å². The van der Waals surface area contributed by atoms with Crippen LogP contribution in [0.1, 0.15) is 19.4 Å². The Balaban J connectivity index is 3.08. The quantitative estimate of drug-likeness (QED) is 0.849. The van der Waals surface area contributed by atoms with Crippen molar-refractivity contribution >= 4 is 23.3 Å². The summed E-state index contributed by atoms with van der Waals surface area (Å²) in [6.07, 6.45) is 0. The lowest BCUT2D eigenvalue weighted by Gasteiger charge is -2.23. The first-order valence-corrected chi connectivity index (χ1v) is 4.96. The number of rotatable bonds is 3. The van der Waals surface area contributed by atoms with Gasteiger partial charge < -0.3 is 10.4 Å². The highest BCUT2D eigenvalue weighted by molar-refractivity contribution is 6.30. The molecule has 0 aliphatic rings. The minimum atomic E-state index is -1.14. The molecule has 5 heteroatoms. The molecule has 0 saturated heterocycles. The Kier molecular flexibility index (Phi) is 3.41. The van der Waals surface area contributed by atoms with Gasteiger partial charge >= 0.3 is 5.97 Å². The molecule has 0 heterocycles. The number of halogens is 1. The van der Waals surface area contributed by atoms with Crippen LogP contribution in [-0.2, 0) is 4.79 Å². The number of nitriles is 1. The molecule has 16 heavy (non-hydrogen) atoms. The van der Waals surface area contributed by atoms with Crippen LogP contribution in [0.15, 0.2) is 18.2 Å². The fraction of sp³-hybridized carbons (Fsp3) is 0.273. The Hall–Kier alpha value is -1.73. The van der Waals surface area contributed by atoms with E-state index in [-0.39, 0.29) is 0 Å². The summed E-state index contributed by atoms with van der Waals surface area (Å²) in [6, 6.07) is 6.63. The summed E-state index contributed by atoms with van der Waals surface area (Å²) in [5, 5.41) is 21.1. The molecule has 0 radical (unpaired) electrons. The third-order valence-electron chi connectivity index (χ3n) is 2.08. The molecule has 0 amide bonds. The molecule has 0 unspecified atom stereocenters. The van der Waals surface area contributed by atoms with Gasteiger partial charge in [-0.1, -0.05) is 11.6 Å².